The number of anilines is 2. The first-order valence-corrected chi connectivity index (χ1v) is 7.44. The van der Waals surface area contributed by atoms with Crippen molar-refractivity contribution >= 4 is 23.6 Å². The Morgan fingerprint density at radius 3 is 2.50 bits per heavy atom. The van der Waals surface area contributed by atoms with Gasteiger partial charge >= 0.3 is 0 Å². The van der Waals surface area contributed by atoms with Crippen LogP contribution in [0.15, 0.2) is 48.5 Å². The SMILES string of the molecule is CB1CN(c2cccc(C(C)(C)C)c2)c2ccccc21. The Morgan fingerprint density at radius 1 is 1.00 bits per heavy atom. The zero-order valence-corrected chi connectivity index (χ0v) is 12.9. The second-order valence-electron chi connectivity index (χ2n) is 6.87. The molecule has 0 unspecified atom stereocenters. The number of nitrogens with zero attached hydrogens (tertiary/aromatic N) is 1. The third-order valence-corrected chi connectivity index (χ3v) is 4.24. The second kappa shape index (κ2) is 4.69. The van der Waals surface area contributed by atoms with E-state index in [-0.39, 0.29) is 5.41 Å². The molecule has 0 bridgehead atoms. The molecule has 0 amide bonds. The molecule has 1 nitrogen and oxygen atoms in total. The largest absolute Gasteiger partial charge is 0.349 e. The van der Waals surface area contributed by atoms with Crippen LogP contribution < -0.4 is 10.4 Å². The molecule has 0 N–H and O–H groups in total. The molecule has 0 aromatic heterocycles. The maximum absolute atomic E-state index is 2.45. The van der Waals surface area contributed by atoms with Gasteiger partial charge in [0.25, 0.3) is 0 Å². The van der Waals surface area contributed by atoms with Crippen molar-refractivity contribution in [2.24, 2.45) is 0 Å². The molecule has 0 atom stereocenters. The van der Waals surface area contributed by atoms with Crippen LogP contribution in [0.5, 0.6) is 0 Å². The normalized spacial score (nSPS) is 14.6. The van der Waals surface area contributed by atoms with Crippen molar-refractivity contribution in [2.45, 2.75) is 33.0 Å². The molecule has 2 aromatic carbocycles. The van der Waals surface area contributed by atoms with E-state index in [0.29, 0.717) is 6.71 Å². The van der Waals surface area contributed by atoms with Crippen LogP contribution in [-0.2, 0) is 5.41 Å². The molecule has 0 fully saturated rings. The van der Waals surface area contributed by atoms with Crippen molar-refractivity contribution < 1.29 is 0 Å². The smallest absolute Gasteiger partial charge is 0.197 e. The number of hydrogen-bond acceptors (Lipinski definition) is 1. The summed E-state index contributed by atoms with van der Waals surface area (Å²) in [5, 5.41) is 0. The van der Waals surface area contributed by atoms with Crippen LogP contribution in [0.2, 0.25) is 6.82 Å². The van der Waals surface area contributed by atoms with Gasteiger partial charge in [-0.05, 0) is 29.2 Å². The molecule has 3 rings (SSSR count). The average Bonchev–Trinajstić information content (AvgIpc) is 2.76. The standard InChI is InChI=1S/C18H22BN/c1-18(2,3)14-8-7-9-15(12-14)20-13-19(4)16-10-5-6-11-17(16)20/h5-12H,13H2,1-4H3. The summed E-state index contributed by atoms with van der Waals surface area (Å²) in [5.41, 5.74) is 5.74. The van der Waals surface area contributed by atoms with E-state index >= 15 is 0 Å². The highest BCUT2D eigenvalue weighted by molar-refractivity contribution is 6.76. The monoisotopic (exact) mass is 263 g/mol. The summed E-state index contributed by atoms with van der Waals surface area (Å²) in [6.07, 6.45) is 1.08. The van der Waals surface area contributed by atoms with Crippen molar-refractivity contribution in [3.8, 4) is 0 Å². The second-order valence-corrected chi connectivity index (χ2v) is 6.87. The lowest BCUT2D eigenvalue weighted by Gasteiger charge is -2.25. The molecule has 20 heavy (non-hydrogen) atoms. The van der Waals surface area contributed by atoms with E-state index in [0.717, 1.165) is 6.44 Å². The van der Waals surface area contributed by atoms with Gasteiger partial charge in [0.2, 0.25) is 0 Å². The first-order chi connectivity index (χ1) is 9.47. The molecule has 0 saturated carbocycles. The maximum atomic E-state index is 2.45. The van der Waals surface area contributed by atoms with E-state index in [1.807, 2.05) is 0 Å². The molecule has 2 heteroatoms. The summed E-state index contributed by atoms with van der Waals surface area (Å²) >= 11 is 0. The highest BCUT2D eigenvalue weighted by atomic mass is 15.1. The average molecular weight is 263 g/mol. The number of hydrogen-bond donors (Lipinski definition) is 0. The predicted octanol–water partition coefficient (Wildman–Crippen LogP) is 4.01. The molecule has 1 heterocycles. The molecule has 1 aliphatic heterocycles. The fraction of sp³-hybridized carbons (Fsp3) is 0.333. The topological polar surface area (TPSA) is 3.24 Å². The molecular weight excluding hydrogens is 241 g/mol. The third-order valence-electron chi connectivity index (χ3n) is 4.24. The zero-order valence-electron chi connectivity index (χ0n) is 12.9. The van der Waals surface area contributed by atoms with Crippen LogP contribution in [0.4, 0.5) is 11.4 Å². The van der Waals surface area contributed by atoms with Gasteiger partial charge in [0, 0.05) is 17.8 Å². The van der Waals surface area contributed by atoms with Crippen LogP contribution in [0.1, 0.15) is 26.3 Å². The first kappa shape index (κ1) is 13.3. The van der Waals surface area contributed by atoms with Gasteiger partial charge in [-0.25, -0.2) is 0 Å². The van der Waals surface area contributed by atoms with Gasteiger partial charge in [-0.2, -0.15) is 0 Å². The first-order valence-electron chi connectivity index (χ1n) is 7.44. The minimum Gasteiger partial charge on any atom is -0.349 e. The molecular formula is C18H22BN. The predicted molar refractivity (Wildman–Crippen MR) is 89.8 cm³/mol. The summed E-state index contributed by atoms with van der Waals surface area (Å²) in [4.78, 5) is 2.45. The number of benzene rings is 2. The fourth-order valence-corrected chi connectivity index (χ4v) is 3.01. The number of fused-ring (bicyclic) bond motifs is 1. The molecule has 0 spiro atoms. The van der Waals surface area contributed by atoms with Crippen molar-refractivity contribution in [1.82, 2.24) is 0 Å². The lowest BCUT2D eigenvalue weighted by atomic mass is 9.49. The number of para-hydroxylation sites is 1. The van der Waals surface area contributed by atoms with Gasteiger partial charge in [-0.1, -0.05) is 63.4 Å². The lowest BCUT2D eigenvalue weighted by molar-refractivity contribution is 0.590. The van der Waals surface area contributed by atoms with E-state index in [1.165, 1.54) is 22.4 Å². The molecule has 1 aliphatic rings. The van der Waals surface area contributed by atoms with Crippen LogP contribution in [0.3, 0.4) is 0 Å². The lowest BCUT2D eigenvalue weighted by Crippen LogP contribution is -2.26. The van der Waals surface area contributed by atoms with Gasteiger partial charge in [0.05, 0.1) is 0 Å². The zero-order chi connectivity index (χ0) is 14.3. The Morgan fingerprint density at radius 2 is 1.75 bits per heavy atom. The van der Waals surface area contributed by atoms with Crippen LogP contribution >= 0.6 is 0 Å². The van der Waals surface area contributed by atoms with Crippen molar-refractivity contribution in [2.75, 3.05) is 11.3 Å². The van der Waals surface area contributed by atoms with E-state index in [2.05, 4.69) is 81.0 Å². The Bertz CT molecular complexity index is 627. The Labute approximate surface area is 122 Å². The third kappa shape index (κ3) is 2.24. The minimum atomic E-state index is 0.195. The van der Waals surface area contributed by atoms with Gasteiger partial charge in [0.15, 0.2) is 6.71 Å². The highest BCUT2D eigenvalue weighted by Crippen LogP contribution is 2.32. The maximum Gasteiger partial charge on any atom is 0.197 e. The van der Waals surface area contributed by atoms with Gasteiger partial charge in [0.1, 0.15) is 0 Å². The van der Waals surface area contributed by atoms with Crippen molar-refractivity contribution in [3.05, 3.63) is 54.1 Å². The van der Waals surface area contributed by atoms with Gasteiger partial charge in [-0.15, -0.1) is 0 Å². The van der Waals surface area contributed by atoms with E-state index < -0.39 is 0 Å². The summed E-state index contributed by atoms with van der Waals surface area (Å²) in [7, 11) is 0. The molecule has 102 valence electrons. The molecule has 0 radical (unpaired) electrons. The highest BCUT2D eigenvalue weighted by Gasteiger charge is 2.28. The van der Waals surface area contributed by atoms with Gasteiger partial charge < -0.3 is 4.90 Å². The van der Waals surface area contributed by atoms with Gasteiger partial charge in [-0.3, -0.25) is 0 Å². The minimum absolute atomic E-state index is 0.195. The van der Waals surface area contributed by atoms with Crippen molar-refractivity contribution in [1.29, 1.82) is 0 Å². The molecule has 2 aromatic rings. The quantitative estimate of drug-likeness (QED) is 0.703. The Hall–Kier alpha value is -1.70. The van der Waals surface area contributed by atoms with E-state index in [9.17, 15) is 0 Å². The fourth-order valence-electron chi connectivity index (χ4n) is 3.01. The van der Waals surface area contributed by atoms with Crippen LogP contribution in [0.25, 0.3) is 0 Å². The molecule has 0 aliphatic carbocycles. The summed E-state index contributed by atoms with van der Waals surface area (Å²) < 4.78 is 0. The summed E-state index contributed by atoms with van der Waals surface area (Å²) in [6.45, 7) is 9.72. The number of rotatable bonds is 1. The van der Waals surface area contributed by atoms with E-state index in [4.69, 9.17) is 0 Å². The van der Waals surface area contributed by atoms with E-state index in [1.54, 1.807) is 0 Å². The molecule has 0 saturated heterocycles. The summed E-state index contributed by atoms with van der Waals surface area (Å²) in [6, 6.07) is 17.8. The Kier molecular flexibility index (Phi) is 3.12. The Balaban J connectivity index is 2.03. The summed E-state index contributed by atoms with van der Waals surface area (Å²) in [5.74, 6) is 0. The van der Waals surface area contributed by atoms with Crippen molar-refractivity contribution in [3.63, 3.8) is 0 Å². The van der Waals surface area contributed by atoms with Crippen LogP contribution in [0, 0.1) is 0 Å². The van der Waals surface area contributed by atoms with Crippen LogP contribution in [-0.4, -0.2) is 13.2 Å².